The Kier molecular flexibility index (Phi) is 5.85. The number of carbonyl (C=O) groups excluding carboxylic acids is 1. The average molecular weight is 433 g/mol. The summed E-state index contributed by atoms with van der Waals surface area (Å²) in [7, 11) is 0. The number of aliphatic carboxylic acids is 1. The zero-order chi connectivity index (χ0) is 21.3. The lowest BCUT2D eigenvalue weighted by atomic mass is 10.0. The molecule has 0 aliphatic carbocycles. The highest BCUT2D eigenvalue weighted by Crippen LogP contribution is 2.32. The largest absolute Gasteiger partial charge is 0.480 e. The van der Waals surface area contributed by atoms with Crippen molar-refractivity contribution in [1.82, 2.24) is 14.9 Å². The molecule has 2 aliphatic rings. The van der Waals surface area contributed by atoms with Crippen LogP contribution in [0.4, 0.5) is 5.95 Å². The van der Waals surface area contributed by atoms with Gasteiger partial charge in [-0.05, 0) is 24.5 Å². The van der Waals surface area contributed by atoms with E-state index in [0.717, 1.165) is 17.7 Å². The van der Waals surface area contributed by atoms with Crippen molar-refractivity contribution in [2.75, 3.05) is 25.1 Å². The molecule has 158 valence electrons. The average Bonchev–Trinajstić information content (AvgIpc) is 3.06. The molecule has 9 nitrogen and oxygen atoms in total. The maximum atomic E-state index is 12.8. The smallest absolute Gasteiger partial charge is 0.328 e. The fraction of sp³-hybridized carbons (Fsp3) is 0.400. The summed E-state index contributed by atoms with van der Waals surface area (Å²) in [5.41, 5.74) is 2.17. The number of aromatic nitrogens is 2. The molecular formula is C20H21ClN4O5. The molecule has 2 aromatic rings. The number of nitrogens with zero attached hydrogens (tertiary/aromatic N) is 3. The van der Waals surface area contributed by atoms with E-state index in [4.69, 9.17) is 16.3 Å². The van der Waals surface area contributed by atoms with E-state index in [2.05, 4.69) is 15.3 Å². The topological polar surface area (TPSA) is 125 Å². The lowest BCUT2D eigenvalue weighted by molar-refractivity contribution is -0.143. The van der Waals surface area contributed by atoms with Gasteiger partial charge in [-0.15, -0.1) is 0 Å². The molecule has 0 bridgehead atoms. The number of fused-ring (bicyclic) bond motifs is 1. The molecule has 1 saturated heterocycles. The predicted octanol–water partition coefficient (Wildman–Crippen LogP) is 1.79. The molecule has 1 amide bonds. The number of anilines is 1. The number of carbonyl (C=O) groups is 2. The SMILES string of the molecule is O=C(O)C(CO)N1Cc2ccc(-c3nc(NC4CCOCC4)ncc3Cl)cc2C1=O. The summed E-state index contributed by atoms with van der Waals surface area (Å²) >= 11 is 6.33. The minimum atomic E-state index is -1.29. The lowest BCUT2D eigenvalue weighted by Gasteiger charge is -2.23. The minimum absolute atomic E-state index is 0.125. The van der Waals surface area contributed by atoms with Crippen LogP contribution in [-0.2, 0) is 16.1 Å². The number of aliphatic hydroxyl groups excluding tert-OH is 1. The van der Waals surface area contributed by atoms with Crippen LogP contribution in [0.1, 0.15) is 28.8 Å². The van der Waals surface area contributed by atoms with Gasteiger partial charge in [0.25, 0.3) is 5.91 Å². The van der Waals surface area contributed by atoms with Gasteiger partial charge in [-0.25, -0.2) is 14.8 Å². The summed E-state index contributed by atoms with van der Waals surface area (Å²) in [4.78, 5) is 34.0. The fourth-order valence-corrected chi connectivity index (χ4v) is 3.90. The minimum Gasteiger partial charge on any atom is -0.480 e. The van der Waals surface area contributed by atoms with Crippen LogP contribution in [0.5, 0.6) is 0 Å². The fourth-order valence-electron chi connectivity index (χ4n) is 3.70. The molecule has 1 unspecified atom stereocenters. The van der Waals surface area contributed by atoms with Crippen molar-refractivity contribution < 1.29 is 24.5 Å². The number of halogens is 1. The maximum absolute atomic E-state index is 12.8. The van der Waals surface area contributed by atoms with E-state index in [-0.39, 0.29) is 12.6 Å². The molecule has 1 fully saturated rings. The van der Waals surface area contributed by atoms with Gasteiger partial charge in [0.2, 0.25) is 5.95 Å². The molecule has 10 heteroatoms. The molecule has 0 saturated carbocycles. The Morgan fingerprint density at radius 3 is 2.83 bits per heavy atom. The quantitative estimate of drug-likeness (QED) is 0.631. The monoisotopic (exact) mass is 432 g/mol. The van der Waals surface area contributed by atoms with Gasteiger partial charge in [-0.1, -0.05) is 23.7 Å². The first kappa shape index (κ1) is 20.5. The van der Waals surface area contributed by atoms with E-state index < -0.39 is 24.5 Å². The maximum Gasteiger partial charge on any atom is 0.328 e. The van der Waals surface area contributed by atoms with Gasteiger partial charge in [-0.3, -0.25) is 4.79 Å². The first-order valence-electron chi connectivity index (χ1n) is 9.62. The Balaban J connectivity index is 1.61. The molecule has 4 rings (SSSR count). The van der Waals surface area contributed by atoms with Gasteiger partial charge >= 0.3 is 5.97 Å². The summed E-state index contributed by atoms with van der Waals surface area (Å²) in [6, 6.07) is 4.13. The summed E-state index contributed by atoms with van der Waals surface area (Å²) < 4.78 is 5.36. The van der Waals surface area contributed by atoms with E-state index >= 15 is 0 Å². The zero-order valence-corrected chi connectivity index (χ0v) is 16.8. The molecule has 1 aromatic carbocycles. The number of nitrogens with one attached hydrogen (secondary N) is 1. The normalized spacial score (nSPS) is 17.7. The summed E-state index contributed by atoms with van der Waals surface area (Å²) in [6.07, 6.45) is 3.24. The van der Waals surface area contributed by atoms with Crippen molar-refractivity contribution in [2.24, 2.45) is 0 Å². The van der Waals surface area contributed by atoms with Crippen molar-refractivity contribution in [1.29, 1.82) is 0 Å². The van der Waals surface area contributed by atoms with Gasteiger partial charge in [0.05, 0.1) is 23.5 Å². The molecule has 2 aliphatic heterocycles. The highest BCUT2D eigenvalue weighted by molar-refractivity contribution is 6.33. The molecular weight excluding hydrogens is 412 g/mol. The molecule has 1 aromatic heterocycles. The zero-order valence-electron chi connectivity index (χ0n) is 16.0. The number of hydrogen-bond donors (Lipinski definition) is 3. The Bertz CT molecular complexity index is 980. The van der Waals surface area contributed by atoms with Gasteiger partial charge in [0.1, 0.15) is 0 Å². The number of amides is 1. The second-order valence-corrected chi connectivity index (χ2v) is 7.67. The van der Waals surface area contributed by atoms with Gasteiger partial charge in [0.15, 0.2) is 6.04 Å². The number of rotatable bonds is 6. The van der Waals surface area contributed by atoms with Crippen molar-refractivity contribution in [3.63, 3.8) is 0 Å². The van der Waals surface area contributed by atoms with Crippen molar-refractivity contribution in [3.8, 4) is 11.3 Å². The second kappa shape index (κ2) is 8.55. The van der Waals surface area contributed by atoms with E-state index in [1.165, 1.54) is 6.20 Å². The van der Waals surface area contributed by atoms with Gasteiger partial charge in [0, 0.05) is 36.9 Å². The van der Waals surface area contributed by atoms with Crippen molar-refractivity contribution in [2.45, 2.75) is 31.5 Å². The van der Waals surface area contributed by atoms with Crippen LogP contribution >= 0.6 is 11.6 Å². The molecule has 3 heterocycles. The number of carboxylic acid groups (broad SMARTS) is 1. The van der Waals surface area contributed by atoms with Crippen LogP contribution in [0.15, 0.2) is 24.4 Å². The number of aliphatic hydroxyl groups is 1. The highest BCUT2D eigenvalue weighted by atomic mass is 35.5. The predicted molar refractivity (Wildman–Crippen MR) is 108 cm³/mol. The van der Waals surface area contributed by atoms with Gasteiger partial charge in [-0.2, -0.15) is 0 Å². The molecule has 0 radical (unpaired) electrons. The Morgan fingerprint density at radius 1 is 1.37 bits per heavy atom. The van der Waals surface area contributed by atoms with Crippen LogP contribution < -0.4 is 5.32 Å². The third-order valence-corrected chi connectivity index (χ3v) is 5.62. The highest BCUT2D eigenvalue weighted by Gasteiger charge is 2.36. The molecule has 3 N–H and O–H groups in total. The Hall–Kier alpha value is -2.75. The van der Waals surface area contributed by atoms with Crippen LogP contribution in [0.3, 0.4) is 0 Å². The number of carboxylic acids is 1. The van der Waals surface area contributed by atoms with Crippen molar-refractivity contribution in [3.05, 3.63) is 40.5 Å². The molecule has 0 spiro atoms. The molecule has 1 atom stereocenters. The first-order chi connectivity index (χ1) is 14.5. The van der Waals surface area contributed by atoms with E-state index in [1.807, 2.05) is 0 Å². The van der Waals surface area contributed by atoms with E-state index in [9.17, 15) is 19.8 Å². The Morgan fingerprint density at radius 2 is 2.13 bits per heavy atom. The van der Waals surface area contributed by atoms with Crippen LogP contribution in [0, 0.1) is 0 Å². The third kappa shape index (κ3) is 3.96. The van der Waals surface area contributed by atoms with E-state index in [0.29, 0.717) is 46.6 Å². The summed E-state index contributed by atoms with van der Waals surface area (Å²) in [5, 5.41) is 22.3. The molecule has 30 heavy (non-hydrogen) atoms. The van der Waals surface area contributed by atoms with E-state index in [1.54, 1.807) is 18.2 Å². The van der Waals surface area contributed by atoms with Gasteiger partial charge < -0.3 is 25.2 Å². The first-order valence-corrected chi connectivity index (χ1v) is 10.0. The van der Waals surface area contributed by atoms with Crippen LogP contribution in [-0.4, -0.2) is 68.9 Å². The second-order valence-electron chi connectivity index (χ2n) is 7.26. The Labute approximate surface area is 177 Å². The number of ether oxygens (including phenoxy) is 1. The third-order valence-electron chi connectivity index (χ3n) is 5.35. The summed E-state index contributed by atoms with van der Waals surface area (Å²) in [5.74, 6) is -1.25. The lowest BCUT2D eigenvalue weighted by Crippen LogP contribution is -2.43. The standard InChI is InChI=1S/C20H21ClN4O5/c21-15-8-22-20(23-13-3-5-30-6-4-13)24-17(15)11-1-2-12-9-25(16(10-26)19(28)29)18(27)14(12)7-11/h1-2,7-8,13,16,26H,3-6,9-10H2,(H,28,29)(H,22,23,24). The number of hydrogen-bond acceptors (Lipinski definition) is 7. The number of benzene rings is 1. The van der Waals surface area contributed by atoms with Crippen molar-refractivity contribution >= 4 is 29.4 Å². The summed E-state index contributed by atoms with van der Waals surface area (Å²) in [6.45, 7) is 0.848. The van der Waals surface area contributed by atoms with Crippen LogP contribution in [0.25, 0.3) is 11.3 Å². The van der Waals surface area contributed by atoms with Crippen LogP contribution in [0.2, 0.25) is 5.02 Å².